The molecule has 2 unspecified atom stereocenters. The average molecular weight is 254 g/mol. The molecular formula is C13H22N2O3. The first kappa shape index (κ1) is 13.3. The Balaban J connectivity index is 2.26. The standard InChI is InChI=1S/C13H22N2O3/c1-9(2)10-5-3-7-14-8-4-6-11(13(17)18)15(14)12(10)16/h9-11H,3-8H2,1-2H3,(H,17,18). The molecule has 5 nitrogen and oxygen atoms in total. The number of carboxylic acids is 1. The number of carboxylic acid groups (broad SMARTS) is 1. The lowest BCUT2D eigenvalue weighted by Crippen LogP contribution is -2.59. The highest BCUT2D eigenvalue weighted by Crippen LogP contribution is 2.29. The maximum Gasteiger partial charge on any atom is 0.328 e. The Hall–Kier alpha value is -1.10. The van der Waals surface area contributed by atoms with Crippen molar-refractivity contribution in [2.75, 3.05) is 13.1 Å². The molecule has 0 saturated carbocycles. The molecule has 2 heterocycles. The van der Waals surface area contributed by atoms with Gasteiger partial charge < -0.3 is 5.11 Å². The Bertz CT molecular complexity index is 343. The Morgan fingerprint density at radius 2 is 1.89 bits per heavy atom. The molecule has 2 aliphatic heterocycles. The van der Waals surface area contributed by atoms with E-state index >= 15 is 0 Å². The van der Waals surface area contributed by atoms with E-state index < -0.39 is 12.0 Å². The molecule has 0 aromatic rings. The van der Waals surface area contributed by atoms with Crippen molar-refractivity contribution in [1.82, 2.24) is 10.0 Å². The van der Waals surface area contributed by atoms with E-state index in [0.29, 0.717) is 6.42 Å². The predicted octanol–water partition coefficient (Wildman–Crippen LogP) is 1.34. The Morgan fingerprint density at radius 3 is 2.44 bits per heavy atom. The number of hydrogen-bond acceptors (Lipinski definition) is 3. The van der Waals surface area contributed by atoms with E-state index in [4.69, 9.17) is 0 Å². The fourth-order valence-corrected chi connectivity index (χ4v) is 3.04. The summed E-state index contributed by atoms with van der Waals surface area (Å²) in [6.07, 6.45) is 3.27. The first-order chi connectivity index (χ1) is 8.52. The number of carbonyl (C=O) groups excluding carboxylic acids is 1. The number of nitrogens with zero attached hydrogens (tertiary/aromatic N) is 2. The molecule has 0 radical (unpaired) electrons. The molecule has 0 aromatic heterocycles. The maximum absolute atomic E-state index is 12.6. The van der Waals surface area contributed by atoms with Crippen molar-refractivity contribution in [3.63, 3.8) is 0 Å². The number of hydrazine groups is 1. The molecule has 5 heteroatoms. The van der Waals surface area contributed by atoms with E-state index in [1.165, 1.54) is 0 Å². The van der Waals surface area contributed by atoms with Crippen LogP contribution < -0.4 is 0 Å². The Kier molecular flexibility index (Phi) is 3.90. The topological polar surface area (TPSA) is 60.9 Å². The summed E-state index contributed by atoms with van der Waals surface area (Å²) in [6, 6.07) is -0.661. The Morgan fingerprint density at radius 1 is 1.28 bits per heavy atom. The van der Waals surface area contributed by atoms with Crippen molar-refractivity contribution in [2.45, 2.75) is 45.6 Å². The van der Waals surface area contributed by atoms with Crippen LogP contribution in [-0.2, 0) is 9.59 Å². The summed E-state index contributed by atoms with van der Waals surface area (Å²) in [7, 11) is 0. The van der Waals surface area contributed by atoms with Crippen molar-refractivity contribution >= 4 is 11.9 Å². The van der Waals surface area contributed by atoms with Gasteiger partial charge in [-0.3, -0.25) is 9.80 Å². The lowest BCUT2D eigenvalue weighted by molar-refractivity contribution is -0.176. The van der Waals surface area contributed by atoms with Gasteiger partial charge in [-0.1, -0.05) is 13.8 Å². The average Bonchev–Trinajstić information content (AvgIpc) is 2.48. The van der Waals surface area contributed by atoms with Crippen LogP contribution in [0.2, 0.25) is 0 Å². The van der Waals surface area contributed by atoms with E-state index in [1.54, 1.807) is 5.01 Å². The smallest absolute Gasteiger partial charge is 0.328 e. The fourth-order valence-electron chi connectivity index (χ4n) is 3.04. The summed E-state index contributed by atoms with van der Waals surface area (Å²) >= 11 is 0. The largest absolute Gasteiger partial charge is 0.480 e. The third kappa shape index (κ3) is 2.36. The van der Waals surface area contributed by atoms with Crippen LogP contribution in [0.15, 0.2) is 0 Å². The van der Waals surface area contributed by atoms with Crippen LogP contribution in [0.1, 0.15) is 39.5 Å². The molecule has 2 atom stereocenters. The first-order valence-electron chi connectivity index (χ1n) is 6.83. The predicted molar refractivity (Wildman–Crippen MR) is 66.6 cm³/mol. The zero-order valence-electron chi connectivity index (χ0n) is 11.1. The van der Waals surface area contributed by atoms with Crippen LogP contribution >= 0.6 is 0 Å². The van der Waals surface area contributed by atoms with E-state index in [2.05, 4.69) is 0 Å². The van der Waals surface area contributed by atoms with Crippen molar-refractivity contribution in [3.8, 4) is 0 Å². The summed E-state index contributed by atoms with van der Waals surface area (Å²) in [5, 5.41) is 12.8. The fraction of sp³-hybridized carbons (Fsp3) is 0.846. The highest BCUT2D eigenvalue weighted by molar-refractivity contribution is 5.85. The van der Waals surface area contributed by atoms with Crippen molar-refractivity contribution in [3.05, 3.63) is 0 Å². The van der Waals surface area contributed by atoms with Crippen LogP contribution in [-0.4, -0.2) is 46.1 Å². The summed E-state index contributed by atoms with van der Waals surface area (Å²) < 4.78 is 0. The molecule has 0 aromatic carbocycles. The van der Waals surface area contributed by atoms with Crippen LogP contribution in [0, 0.1) is 11.8 Å². The normalized spacial score (nSPS) is 30.2. The third-order valence-electron chi connectivity index (χ3n) is 4.06. The van der Waals surface area contributed by atoms with Crippen LogP contribution in [0.25, 0.3) is 0 Å². The van der Waals surface area contributed by atoms with Gasteiger partial charge in [-0.2, -0.15) is 0 Å². The van der Waals surface area contributed by atoms with Crippen LogP contribution in [0.3, 0.4) is 0 Å². The number of aliphatic carboxylic acids is 1. The van der Waals surface area contributed by atoms with Gasteiger partial charge in [-0.25, -0.2) is 9.80 Å². The van der Waals surface area contributed by atoms with E-state index in [1.807, 2.05) is 18.9 Å². The van der Waals surface area contributed by atoms with Crippen LogP contribution in [0.5, 0.6) is 0 Å². The summed E-state index contributed by atoms with van der Waals surface area (Å²) in [5.74, 6) is -0.629. The molecule has 18 heavy (non-hydrogen) atoms. The van der Waals surface area contributed by atoms with Gasteiger partial charge in [0, 0.05) is 19.0 Å². The molecule has 0 aliphatic carbocycles. The van der Waals surface area contributed by atoms with Gasteiger partial charge in [0.1, 0.15) is 6.04 Å². The van der Waals surface area contributed by atoms with Gasteiger partial charge in [-0.15, -0.1) is 0 Å². The van der Waals surface area contributed by atoms with Crippen LogP contribution in [0.4, 0.5) is 0 Å². The SMILES string of the molecule is CC(C)C1CCCN2CCCC(C(=O)O)N2C1=O. The number of rotatable bonds is 2. The van der Waals surface area contributed by atoms with E-state index in [-0.39, 0.29) is 17.7 Å². The number of amides is 1. The maximum atomic E-state index is 12.6. The highest BCUT2D eigenvalue weighted by atomic mass is 16.4. The second kappa shape index (κ2) is 5.26. The van der Waals surface area contributed by atoms with Crippen molar-refractivity contribution < 1.29 is 14.7 Å². The zero-order valence-corrected chi connectivity index (χ0v) is 11.1. The second-order valence-corrected chi connectivity index (χ2v) is 5.63. The molecular weight excluding hydrogens is 232 g/mol. The molecule has 1 amide bonds. The van der Waals surface area contributed by atoms with Gasteiger partial charge in [-0.05, 0) is 31.6 Å². The Labute approximate surface area is 108 Å². The minimum Gasteiger partial charge on any atom is -0.480 e. The van der Waals surface area contributed by atoms with Crippen molar-refractivity contribution in [2.24, 2.45) is 11.8 Å². The molecule has 102 valence electrons. The zero-order chi connectivity index (χ0) is 13.3. The molecule has 0 bridgehead atoms. The van der Waals surface area contributed by atoms with E-state index in [9.17, 15) is 14.7 Å². The number of hydrogen-bond donors (Lipinski definition) is 1. The molecule has 0 spiro atoms. The second-order valence-electron chi connectivity index (χ2n) is 5.63. The number of fused-ring (bicyclic) bond motifs is 1. The minimum absolute atomic E-state index is 0.00889. The molecule has 2 fully saturated rings. The van der Waals surface area contributed by atoms with Crippen molar-refractivity contribution in [1.29, 1.82) is 0 Å². The van der Waals surface area contributed by atoms with Gasteiger partial charge in [0.05, 0.1) is 0 Å². The van der Waals surface area contributed by atoms with Gasteiger partial charge in [0.25, 0.3) is 0 Å². The monoisotopic (exact) mass is 254 g/mol. The highest BCUT2D eigenvalue weighted by Gasteiger charge is 2.42. The van der Waals surface area contributed by atoms with Gasteiger partial charge in [0.2, 0.25) is 5.91 Å². The molecule has 2 saturated heterocycles. The lowest BCUT2D eigenvalue weighted by Gasteiger charge is -2.42. The summed E-state index contributed by atoms with van der Waals surface area (Å²) in [5.41, 5.74) is 0. The quantitative estimate of drug-likeness (QED) is 0.808. The summed E-state index contributed by atoms with van der Waals surface area (Å²) in [6.45, 7) is 5.69. The third-order valence-corrected chi connectivity index (χ3v) is 4.06. The lowest BCUT2D eigenvalue weighted by atomic mass is 9.90. The first-order valence-corrected chi connectivity index (χ1v) is 6.83. The van der Waals surface area contributed by atoms with Gasteiger partial charge in [0.15, 0.2) is 0 Å². The van der Waals surface area contributed by atoms with E-state index in [0.717, 1.165) is 32.4 Å². The van der Waals surface area contributed by atoms with Gasteiger partial charge >= 0.3 is 5.97 Å². The summed E-state index contributed by atoms with van der Waals surface area (Å²) in [4.78, 5) is 23.9. The minimum atomic E-state index is -0.877. The molecule has 1 N–H and O–H groups in total. The number of carbonyl (C=O) groups is 2. The molecule has 2 aliphatic rings. The molecule has 2 rings (SSSR count).